The lowest BCUT2D eigenvalue weighted by molar-refractivity contribution is 0.301. The molecule has 0 unspecified atom stereocenters. The van der Waals surface area contributed by atoms with Crippen LogP contribution in [0.4, 0.5) is 10.1 Å². The zero-order chi connectivity index (χ0) is 14.2. The summed E-state index contributed by atoms with van der Waals surface area (Å²) in [7, 11) is 0. The average Bonchev–Trinajstić information content (AvgIpc) is 2.49. The first-order valence-corrected chi connectivity index (χ1v) is 6.56. The van der Waals surface area contributed by atoms with Gasteiger partial charge >= 0.3 is 0 Å². The molecule has 2 aromatic rings. The van der Waals surface area contributed by atoms with Gasteiger partial charge in [0.25, 0.3) is 0 Å². The van der Waals surface area contributed by atoms with Gasteiger partial charge in [0.1, 0.15) is 0 Å². The molecule has 0 heterocycles. The molecule has 104 valence electrons. The van der Waals surface area contributed by atoms with Crippen molar-refractivity contribution in [1.82, 2.24) is 0 Å². The van der Waals surface area contributed by atoms with Gasteiger partial charge in [-0.1, -0.05) is 31.2 Å². The lowest BCUT2D eigenvalue weighted by Crippen LogP contribution is -1.98. The van der Waals surface area contributed by atoms with Crippen LogP contribution in [0.3, 0.4) is 0 Å². The summed E-state index contributed by atoms with van der Waals surface area (Å²) in [5.74, 6) is -0.0953. The molecule has 3 nitrogen and oxygen atoms in total. The number of ether oxygens (including phenoxy) is 1. The molecule has 0 bridgehead atoms. The fourth-order valence-electron chi connectivity index (χ4n) is 1.62. The molecular weight excluding hydrogens is 255 g/mol. The predicted molar refractivity (Wildman–Crippen MR) is 79.8 cm³/mol. The minimum atomic E-state index is -0.355. The van der Waals surface area contributed by atoms with E-state index in [0.717, 1.165) is 17.7 Å². The molecule has 0 aromatic heterocycles. The van der Waals surface area contributed by atoms with Crippen LogP contribution in [0.5, 0.6) is 5.75 Å². The molecule has 2 rings (SSSR count). The van der Waals surface area contributed by atoms with Crippen molar-refractivity contribution in [3.05, 3.63) is 59.9 Å². The van der Waals surface area contributed by atoms with Crippen LogP contribution in [0.1, 0.15) is 18.9 Å². The largest absolute Gasteiger partial charge is 0.491 e. The number of hydrazone groups is 1. The standard InChI is InChI=1S/C16H17FN2O/c1-2-10-20-16-11-13(8-9-15(16)17)12-18-19-14-6-4-3-5-7-14/h3-9,11-12,19H,2,10H2,1H3. The van der Waals surface area contributed by atoms with Crippen LogP contribution in [0.15, 0.2) is 53.6 Å². The third-order valence-corrected chi connectivity index (χ3v) is 2.60. The number of hydrogen-bond donors (Lipinski definition) is 1. The Morgan fingerprint density at radius 1 is 1.20 bits per heavy atom. The molecule has 0 atom stereocenters. The molecular formula is C16H17FN2O. The van der Waals surface area contributed by atoms with Crippen molar-refractivity contribution in [3.8, 4) is 5.75 Å². The molecule has 1 N–H and O–H groups in total. The number of para-hydroxylation sites is 1. The van der Waals surface area contributed by atoms with Crippen molar-refractivity contribution in [2.24, 2.45) is 5.10 Å². The van der Waals surface area contributed by atoms with Crippen LogP contribution in [-0.4, -0.2) is 12.8 Å². The highest BCUT2D eigenvalue weighted by Crippen LogP contribution is 2.18. The Balaban J connectivity index is 2.02. The van der Waals surface area contributed by atoms with E-state index in [4.69, 9.17) is 4.74 Å². The summed E-state index contributed by atoms with van der Waals surface area (Å²) >= 11 is 0. The Bertz CT molecular complexity index is 570. The van der Waals surface area contributed by atoms with Gasteiger partial charge in [-0.15, -0.1) is 0 Å². The van der Waals surface area contributed by atoms with Crippen LogP contribution in [0, 0.1) is 5.82 Å². The number of anilines is 1. The molecule has 2 aromatic carbocycles. The van der Waals surface area contributed by atoms with Gasteiger partial charge in [-0.3, -0.25) is 5.43 Å². The topological polar surface area (TPSA) is 33.6 Å². The quantitative estimate of drug-likeness (QED) is 0.635. The number of nitrogens with one attached hydrogen (secondary N) is 1. The first-order chi connectivity index (χ1) is 9.79. The number of benzene rings is 2. The van der Waals surface area contributed by atoms with Crippen molar-refractivity contribution < 1.29 is 9.13 Å². The van der Waals surface area contributed by atoms with Gasteiger partial charge in [0.15, 0.2) is 11.6 Å². The summed E-state index contributed by atoms with van der Waals surface area (Å²) < 4.78 is 18.8. The Morgan fingerprint density at radius 3 is 2.75 bits per heavy atom. The van der Waals surface area contributed by atoms with E-state index in [1.807, 2.05) is 37.3 Å². The second-order valence-corrected chi connectivity index (χ2v) is 4.27. The zero-order valence-electron chi connectivity index (χ0n) is 11.3. The average molecular weight is 272 g/mol. The molecule has 0 aliphatic rings. The molecule has 0 aliphatic heterocycles. The minimum absolute atomic E-state index is 0.260. The van der Waals surface area contributed by atoms with Crippen molar-refractivity contribution in [2.45, 2.75) is 13.3 Å². The lowest BCUT2D eigenvalue weighted by Gasteiger charge is -2.06. The maximum Gasteiger partial charge on any atom is 0.165 e. The molecule has 4 heteroatoms. The number of hydrogen-bond acceptors (Lipinski definition) is 3. The van der Waals surface area contributed by atoms with Gasteiger partial charge in [0, 0.05) is 0 Å². The highest BCUT2D eigenvalue weighted by atomic mass is 19.1. The van der Waals surface area contributed by atoms with Crippen LogP contribution in [0.2, 0.25) is 0 Å². The second-order valence-electron chi connectivity index (χ2n) is 4.27. The predicted octanol–water partition coefficient (Wildman–Crippen LogP) is 4.06. The first kappa shape index (κ1) is 14.1. The smallest absolute Gasteiger partial charge is 0.165 e. The highest BCUT2D eigenvalue weighted by Gasteiger charge is 2.03. The molecule has 0 spiro atoms. The summed E-state index contributed by atoms with van der Waals surface area (Å²) in [4.78, 5) is 0. The van der Waals surface area contributed by atoms with Crippen LogP contribution in [-0.2, 0) is 0 Å². The third kappa shape index (κ3) is 4.09. The minimum Gasteiger partial charge on any atom is -0.491 e. The SMILES string of the molecule is CCCOc1cc(C=NNc2ccccc2)ccc1F. The molecule has 0 saturated carbocycles. The summed E-state index contributed by atoms with van der Waals surface area (Å²) in [6.07, 6.45) is 2.47. The fraction of sp³-hybridized carbons (Fsp3) is 0.188. The molecule has 0 radical (unpaired) electrons. The maximum atomic E-state index is 13.5. The Hall–Kier alpha value is -2.36. The Morgan fingerprint density at radius 2 is 2.00 bits per heavy atom. The second kappa shape index (κ2) is 7.28. The van der Waals surface area contributed by atoms with E-state index in [0.29, 0.717) is 6.61 Å². The van der Waals surface area contributed by atoms with Crippen molar-refractivity contribution in [1.29, 1.82) is 0 Å². The zero-order valence-corrected chi connectivity index (χ0v) is 11.3. The highest BCUT2D eigenvalue weighted by molar-refractivity contribution is 5.80. The number of rotatable bonds is 6. The van der Waals surface area contributed by atoms with E-state index in [1.165, 1.54) is 6.07 Å². The summed E-state index contributed by atoms with van der Waals surface area (Å²) in [5, 5.41) is 4.11. The Labute approximate surface area is 118 Å². The summed E-state index contributed by atoms with van der Waals surface area (Å²) in [5.41, 5.74) is 4.58. The maximum absolute atomic E-state index is 13.5. The number of nitrogens with zero attached hydrogens (tertiary/aromatic N) is 1. The van der Waals surface area contributed by atoms with E-state index >= 15 is 0 Å². The van der Waals surface area contributed by atoms with Gasteiger partial charge in [-0.25, -0.2) is 4.39 Å². The van der Waals surface area contributed by atoms with Crippen molar-refractivity contribution >= 4 is 11.9 Å². The van der Waals surface area contributed by atoms with Crippen LogP contribution in [0.25, 0.3) is 0 Å². The van der Waals surface area contributed by atoms with Gasteiger partial charge in [-0.05, 0) is 36.2 Å². The molecule has 0 fully saturated rings. The van der Waals surface area contributed by atoms with E-state index in [-0.39, 0.29) is 11.6 Å². The van der Waals surface area contributed by atoms with Gasteiger partial charge < -0.3 is 4.74 Å². The van der Waals surface area contributed by atoms with Gasteiger partial charge in [0.2, 0.25) is 0 Å². The lowest BCUT2D eigenvalue weighted by atomic mass is 10.2. The number of halogens is 1. The summed E-state index contributed by atoms with van der Waals surface area (Å²) in [6, 6.07) is 14.3. The van der Waals surface area contributed by atoms with Crippen molar-refractivity contribution in [2.75, 3.05) is 12.0 Å². The normalized spacial score (nSPS) is 10.7. The first-order valence-electron chi connectivity index (χ1n) is 6.56. The molecule has 0 amide bonds. The monoisotopic (exact) mass is 272 g/mol. The van der Waals surface area contributed by atoms with Crippen LogP contribution >= 0.6 is 0 Å². The third-order valence-electron chi connectivity index (χ3n) is 2.60. The van der Waals surface area contributed by atoms with E-state index in [1.54, 1.807) is 18.3 Å². The Kier molecular flexibility index (Phi) is 5.12. The van der Waals surface area contributed by atoms with Crippen LogP contribution < -0.4 is 10.2 Å². The van der Waals surface area contributed by atoms with Gasteiger partial charge in [0.05, 0.1) is 18.5 Å². The van der Waals surface area contributed by atoms with Gasteiger partial charge in [-0.2, -0.15) is 5.10 Å². The molecule has 0 aliphatic carbocycles. The van der Waals surface area contributed by atoms with E-state index < -0.39 is 0 Å². The summed E-state index contributed by atoms with van der Waals surface area (Å²) in [6.45, 7) is 2.48. The van der Waals surface area contributed by atoms with E-state index in [9.17, 15) is 4.39 Å². The fourth-order valence-corrected chi connectivity index (χ4v) is 1.62. The molecule has 0 saturated heterocycles. The van der Waals surface area contributed by atoms with Crippen molar-refractivity contribution in [3.63, 3.8) is 0 Å². The molecule has 20 heavy (non-hydrogen) atoms. The van der Waals surface area contributed by atoms with E-state index in [2.05, 4.69) is 10.5 Å².